The fourth-order valence-electron chi connectivity index (χ4n) is 3.55. The Kier molecular flexibility index (Phi) is 4.63. The molecule has 0 bridgehead atoms. The van der Waals surface area contributed by atoms with Crippen LogP contribution in [0.25, 0.3) is 11.6 Å². The maximum atomic E-state index is 12.9. The lowest BCUT2D eigenvalue weighted by Gasteiger charge is -2.24. The SMILES string of the molecule is CC(Sc1nnc(-c2ccc[nH]2)o1)C(=O)C=C1N(C)c2ccccc2C1(C)C. The lowest BCUT2D eigenvalue weighted by molar-refractivity contribution is -0.114. The fourth-order valence-corrected chi connectivity index (χ4v) is 4.25. The molecule has 144 valence electrons. The summed E-state index contributed by atoms with van der Waals surface area (Å²) in [5.41, 5.74) is 3.89. The van der Waals surface area contributed by atoms with Gasteiger partial charge in [0, 0.05) is 36.1 Å². The summed E-state index contributed by atoms with van der Waals surface area (Å²) in [6.45, 7) is 6.15. The van der Waals surface area contributed by atoms with Crippen molar-refractivity contribution in [3.8, 4) is 11.6 Å². The molecule has 7 heteroatoms. The number of thioether (sulfide) groups is 1. The van der Waals surface area contributed by atoms with Gasteiger partial charge in [-0.1, -0.05) is 43.8 Å². The number of carbonyl (C=O) groups excluding carboxylic acids is 1. The number of fused-ring (bicyclic) bond motifs is 1. The minimum absolute atomic E-state index is 0.0207. The number of ketones is 1. The second kappa shape index (κ2) is 6.98. The van der Waals surface area contributed by atoms with Crippen LogP contribution in [0.4, 0.5) is 5.69 Å². The minimum Gasteiger partial charge on any atom is -0.410 e. The van der Waals surface area contributed by atoms with Crippen molar-refractivity contribution < 1.29 is 9.21 Å². The van der Waals surface area contributed by atoms with E-state index in [9.17, 15) is 4.79 Å². The highest BCUT2D eigenvalue weighted by Crippen LogP contribution is 2.46. The van der Waals surface area contributed by atoms with E-state index in [2.05, 4.69) is 46.1 Å². The van der Waals surface area contributed by atoms with Crippen molar-refractivity contribution in [2.24, 2.45) is 0 Å². The molecule has 0 fully saturated rings. The second-order valence-corrected chi connectivity index (χ2v) is 8.64. The minimum atomic E-state index is -0.336. The molecule has 1 aliphatic heterocycles. The summed E-state index contributed by atoms with van der Waals surface area (Å²) in [5, 5.41) is 8.12. The summed E-state index contributed by atoms with van der Waals surface area (Å²) in [6.07, 6.45) is 3.54. The molecule has 1 aliphatic rings. The quantitative estimate of drug-likeness (QED) is 0.510. The van der Waals surface area contributed by atoms with Crippen molar-refractivity contribution in [3.05, 3.63) is 59.9 Å². The zero-order chi connectivity index (χ0) is 19.9. The van der Waals surface area contributed by atoms with E-state index in [-0.39, 0.29) is 16.4 Å². The number of hydrogen-bond donors (Lipinski definition) is 1. The van der Waals surface area contributed by atoms with Crippen LogP contribution in [0.15, 0.2) is 64.0 Å². The molecule has 6 nitrogen and oxygen atoms in total. The summed E-state index contributed by atoms with van der Waals surface area (Å²) < 4.78 is 5.66. The van der Waals surface area contributed by atoms with Crippen molar-refractivity contribution >= 4 is 23.2 Å². The third-order valence-electron chi connectivity index (χ3n) is 5.13. The molecule has 0 aliphatic carbocycles. The Morgan fingerprint density at radius 1 is 1.25 bits per heavy atom. The molecule has 1 unspecified atom stereocenters. The number of allylic oxidation sites excluding steroid dienone is 2. The highest BCUT2D eigenvalue weighted by Gasteiger charge is 2.38. The maximum Gasteiger partial charge on any atom is 0.277 e. The molecule has 0 radical (unpaired) electrons. The topological polar surface area (TPSA) is 75.0 Å². The van der Waals surface area contributed by atoms with Gasteiger partial charge in [0.1, 0.15) is 5.69 Å². The highest BCUT2D eigenvalue weighted by atomic mass is 32.2. The van der Waals surface area contributed by atoms with Gasteiger partial charge in [0.2, 0.25) is 0 Å². The average Bonchev–Trinajstić information content (AvgIpc) is 3.39. The summed E-state index contributed by atoms with van der Waals surface area (Å²) in [4.78, 5) is 18.0. The Bertz CT molecular complexity index is 1040. The molecule has 2 aromatic heterocycles. The van der Waals surface area contributed by atoms with Crippen LogP contribution in [0.1, 0.15) is 26.3 Å². The van der Waals surface area contributed by atoms with E-state index in [0.717, 1.165) is 17.1 Å². The summed E-state index contributed by atoms with van der Waals surface area (Å²) in [7, 11) is 2.01. The first kappa shape index (κ1) is 18.6. The lowest BCUT2D eigenvalue weighted by Crippen LogP contribution is -2.25. The van der Waals surface area contributed by atoms with Crippen LogP contribution in [-0.2, 0) is 10.2 Å². The van der Waals surface area contributed by atoms with Crippen LogP contribution < -0.4 is 4.90 Å². The van der Waals surface area contributed by atoms with E-state index in [1.807, 2.05) is 38.2 Å². The first-order chi connectivity index (χ1) is 13.4. The molecule has 1 N–H and O–H groups in total. The Morgan fingerprint density at radius 3 is 2.75 bits per heavy atom. The molecule has 0 spiro atoms. The predicted molar refractivity (Wildman–Crippen MR) is 110 cm³/mol. The Hall–Kier alpha value is -2.80. The van der Waals surface area contributed by atoms with Crippen molar-refractivity contribution in [2.75, 3.05) is 11.9 Å². The molecule has 4 rings (SSSR count). The molecule has 28 heavy (non-hydrogen) atoms. The molecule has 1 aromatic carbocycles. The number of likely N-dealkylation sites (N-methyl/N-ethyl adjacent to an activating group) is 1. The lowest BCUT2D eigenvalue weighted by atomic mass is 9.83. The normalized spacial score (nSPS) is 17.7. The average molecular weight is 395 g/mol. The standard InChI is InChI=1S/C21H22N4O2S/c1-13(28-20-24-23-19(27-20)15-9-7-11-22-15)17(26)12-18-21(2,3)14-8-5-6-10-16(14)25(18)4/h5-13,22H,1-4H3. The van der Waals surface area contributed by atoms with Gasteiger partial charge in [-0.15, -0.1) is 10.2 Å². The second-order valence-electron chi connectivity index (χ2n) is 7.35. The number of aromatic nitrogens is 3. The van der Waals surface area contributed by atoms with Crippen LogP contribution in [-0.4, -0.2) is 33.3 Å². The smallest absolute Gasteiger partial charge is 0.277 e. The van der Waals surface area contributed by atoms with E-state index < -0.39 is 0 Å². The van der Waals surface area contributed by atoms with Crippen molar-refractivity contribution in [3.63, 3.8) is 0 Å². The molecular formula is C21H22N4O2S. The third-order valence-corrected chi connectivity index (χ3v) is 6.08. The summed E-state index contributed by atoms with van der Waals surface area (Å²) in [5.74, 6) is 0.435. The molecule has 3 heterocycles. The van der Waals surface area contributed by atoms with E-state index in [0.29, 0.717) is 11.1 Å². The number of aromatic amines is 1. The first-order valence-corrected chi connectivity index (χ1v) is 9.99. The van der Waals surface area contributed by atoms with Gasteiger partial charge in [0.05, 0.1) is 5.25 Å². The Balaban J connectivity index is 1.52. The van der Waals surface area contributed by atoms with Crippen LogP contribution >= 0.6 is 11.8 Å². The van der Waals surface area contributed by atoms with Crippen molar-refractivity contribution in [1.82, 2.24) is 15.2 Å². The van der Waals surface area contributed by atoms with Gasteiger partial charge in [-0.2, -0.15) is 0 Å². The Labute approximate surface area is 168 Å². The van der Waals surface area contributed by atoms with E-state index in [1.165, 1.54) is 17.3 Å². The van der Waals surface area contributed by atoms with Gasteiger partial charge in [-0.25, -0.2) is 0 Å². The number of carbonyl (C=O) groups is 1. The number of para-hydroxylation sites is 1. The van der Waals surface area contributed by atoms with Gasteiger partial charge < -0.3 is 14.3 Å². The van der Waals surface area contributed by atoms with Crippen LogP contribution in [0.3, 0.4) is 0 Å². The van der Waals surface area contributed by atoms with Crippen molar-refractivity contribution in [2.45, 2.75) is 36.7 Å². The van der Waals surface area contributed by atoms with E-state index >= 15 is 0 Å². The van der Waals surface area contributed by atoms with Crippen LogP contribution in [0.2, 0.25) is 0 Å². The maximum absolute atomic E-state index is 12.9. The zero-order valence-corrected chi connectivity index (χ0v) is 17.1. The fraction of sp³-hybridized carbons (Fsp3) is 0.286. The number of rotatable bonds is 5. The molecular weight excluding hydrogens is 372 g/mol. The summed E-state index contributed by atoms with van der Waals surface area (Å²) >= 11 is 1.27. The molecule has 3 aromatic rings. The zero-order valence-electron chi connectivity index (χ0n) is 16.3. The van der Waals surface area contributed by atoms with E-state index in [4.69, 9.17) is 4.42 Å². The molecule has 0 amide bonds. The number of nitrogens with zero attached hydrogens (tertiary/aromatic N) is 3. The number of H-pyrrole nitrogens is 1. The van der Waals surface area contributed by atoms with Gasteiger partial charge in [0.15, 0.2) is 5.78 Å². The van der Waals surface area contributed by atoms with Crippen LogP contribution in [0.5, 0.6) is 0 Å². The van der Waals surface area contributed by atoms with Gasteiger partial charge >= 0.3 is 0 Å². The Morgan fingerprint density at radius 2 is 2.04 bits per heavy atom. The molecule has 0 saturated heterocycles. The largest absolute Gasteiger partial charge is 0.410 e. The molecule has 1 atom stereocenters. The third kappa shape index (κ3) is 3.16. The van der Waals surface area contributed by atoms with Gasteiger partial charge in [-0.3, -0.25) is 4.79 Å². The van der Waals surface area contributed by atoms with Gasteiger partial charge in [0.25, 0.3) is 11.1 Å². The van der Waals surface area contributed by atoms with E-state index in [1.54, 1.807) is 12.3 Å². The highest BCUT2D eigenvalue weighted by molar-refractivity contribution is 8.00. The number of nitrogens with one attached hydrogen (secondary N) is 1. The number of anilines is 1. The monoisotopic (exact) mass is 394 g/mol. The van der Waals surface area contributed by atoms with Gasteiger partial charge in [-0.05, 0) is 30.7 Å². The number of hydrogen-bond acceptors (Lipinski definition) is 6. The van der Waals surface area contributed by atoms with Crippen molar-refractivity contribution in [1.29, 1.82) is 0 Å². The molecule has 0 saturated carbocycles. The van der Waals surface area contributed by atoms with Crippen LogP contribution in [0, 0.1) is 0 Å². The summed E-state index contributed by atoms with van der Waals surface area (Å²) in [6, 6.07) is 12.0. The predicted octanol–water partition coefficient (Wildman–Crippen LogP) is 4.43. The first-order valence-electron chi connectivity index (χ1n) is 9.11. The number of benzene rings is 1.